The number of rotatable bonds is 1. The number of carbonyl (C=O) groups excluding carboxylic acids is 2. The largest absolute Gasteiger partial charge is 0.471 e. The van der Waals surface area contributed by atoms with E-state index in [0.29, 0.717) is 0 Å². The standard InChI is InChI=1S/C8H10F3NO4/c1-16-6(14)5-2-4(13)3-12(5)7(15)8(9,10)11/h4-5,13H,2-3H2,1H3/t4?,5-/m0/s1. The van der Waals surface area contributed by atoms with Crippen LogP contribution in [0.5, 0.6) is 0 Å². The number of hydrogen-bond donors (Lipinski definition) is 1. The van der Waals surface area contributed by atoms with Gasteiger partial charge in [0.2, 0.25) is 0 Å². The molecule has 1 unspecified atom stereocenters. The van der Waals surface area contributed by atoms with Gasteiger partial charge in [-0.15, -0.1) is 0 Å². The summed E-state index contributed by atoms with van der Waals surface area (Å²) in [6, 6.07) is -1.37. The number of halogens is 3. The smallest absolute Gasteiger partial charge is 0.467 e. The molecule has 1 amide bonds. The Morgan fingerprint density at radius 2 is 2.00 bits per heavy atom. The van der Waals surface area contributed by atoms with Gasteiger partial charge in [-0.05, 0) is 0 Å². The van der Waals surface area contributed by atoms with Crippen molar-refractivity contribution < 1.29 is 32.6 Å². The highest BCUT2D eigenvalue weighted by molar-refractivity contribution is 5.88. The molecule has 2 atom stereocenters. The monoisotopic (exact) mass is 241 g/mol. The van der Waals surface area contributed by atoms with Gasteiger partial charge in [-0.25, -0.2) is 4.79 Å². The number of carbonyl (C=O) groups is 2. The first kappa shape index (κ1) is 12.8. The van der Waals surface area contributed by atoms with Crippen molar-refractivity contribution >= 4 is 11.9 Å². The maximum Gasteiger partial charge on any atom is 0.471 e. The Morgan fingerprint density at radius 1 is 1.44 bits per heavy atom. The molecule has 1 aliphatic heterocycles. The minimum absolute atomic E-state index is 0.242. The van der Waals surface area contributed by atoms with Gasteiger partial charge in [0, 0.05) is 13.0 Å². The van der Waals surface area contributed by atoms with E-state index in [1.54, 1.807) is 0 Å². The lowest BCUT2D eigenvalue weighted by Crippen LogP contribution is -2.47. The van der Waals surface area contributed by atoms with E-state index in [0.717, 1.165) is 7.11 Å². The molecule has 1 rings (SSSR count). The van der Waals surface area contributed by atoms with E-state index >= 15 is 0 Å². The van der Waals surface area contributed by atoms with Crippen molar-refractivity contribution in [2.24, 2.45) is 0 Å². The van der Waals surface area contributed by atoms with Crippen molar-refractivity contribution in [3.63, 3.8) is 0 Å². The topological polar surface area (TPSA) is 66.8 Å². The first-order valence-electron chi connectivity index (χ1n) is 4.41. The zero-order chi connectivity index (χ0) is 12.5. The molecule has 1 fully saturated rings. The lowest BCUT2D eigenvalue weighted by molar-refractivity contribution is -0.188. The van der Waals surface area contributed by atoms with Gasteiger partial charge in [-0.2, -0.15) is 13.2 Å². The first-order chi connectivity index (χ1) is 7.27. The van der Waals surface area contributed by atoms with E-state index in [1.165, 1.54) is 0 Å². The van der Waals surface area contributed by atoms with Crippen LogP contribution in [0.4, 0.5) is 13.2 Å². The SMILES string of the molecule is COC(=O)[C@@H]1CC(O)CN1C(=O)C(F)(F)F. The number of aliphatic hydroxyl groups is 1. The molecule has 0 aromatic carbocycles. The molecule has 0 aromatic heterocycles. The number of alkyl halides is 3. The van der Waals surface area contributed by atoms with Crippen molar-refractivity contribution in [1.82, 2.24) is 4.90 Å². The van der Waals surface area contributed by atoms with Crippen LogP contribution in [0, 0.1) is 0 Å². The lowest BCUT2D eigenvalue weighted by Gasteiger charge is -2.23. The normalized spacial score (nSPS) is 25.7. The summed E-state index contributed by atoms with van der Waals surface area (Å²) in [5, 5.41) is 9.16. The summed E-state index contributed by atoms with van der Waals surface area (Å²) < 4.78 is 40.7. The molecule has 16 heavy (non-hydrogen) atoms. The summed E-state index contributed by atoms with van der Waals surface area (Å²) in [7, 11) is 1.00. The second-order valence-electron chi connectivity index (χ2n) is 3.38. The number of esters is 1. The van der Waals surface area contributed by atoms with E-state index in [4.69, 9.17) is 5.11 Å². The highest BCUT2D eigenvalue weighted by Gasteiger charge is 2.50. The van der Waals surface area contributed by atoms with Crippen LogP contribution < -0.4 is 0 Å². The third kappa shape index (κ3) is 2.43. The molecular weight excluding hydrogens is 231 g/mol. The minimum atomic E-state index is -5.06. The van der Waals surface area contributed by atoms with Crippen LogP contribution in [0.2, 0.25) is 0 Å². The summed E-state index contributed by atoms with van der Waals surface area (Å²) in [4.78, 5) is 22.3. The average molecular weight is 241 g/mol. The summed E-state index contributed by atoms with van der Waals surface area (Å²) in [6.07, 6.45) is -6.44. The predicted octanol–water partition coefficient (Wildman–Crippen LogP) is -0.317. The fraction of sp³-hybridized carbons (Fsp3) is 0.750. The van der Waals surface area contributed by atoms with Crippen molar-refractivity contribution in [2.75, 3.05) is 13.7 Å². The summed E-state index contributed by atoms with van der Waals surface area (Å²) in [5.74, 6) is -3.10. The van der Waals surface area contributed by atoms with Crippen molar-refractivity contribution in [2.45, 2.75) is 24.7 Å². The van der Waals surface area contributed by atoms with Crippen molar-refractivity contribution in [3.05, 3.63) is 0 Å². The highest BCUT2D eigenvalue weighted by atomic mass is 19.4. The zero-order valence-corrected chi connectivity index (χ0v) is 8.32. The highest BCUT2D eigenvalue weighted by Crippen LogP contribution is 2.26. The van der Waals surface area contributed by atoms with Crippen LogP contribution in [0.1, 0.15) is 6.42 Å². The van der Waals surface area contributed by atoms with Crippen LogP contribution in [-0.4, -0.2) is 53.9 Å². The number of amides is 1. The van der Waals surface area contributed by atoms with Gasteiger partial charge >= 0.3 is 18.1 Å². The van der Waals surface area contributed by atoms with Gasteiger partial charge in [-0.1, -0.05) is 0 Å². The number of likely N-dealkylation sites (tertiary alicyclic amines) is 1. The Kier molecular flexibility index (Phi) is 3.41. The molecular formula is C8H10F3NO4. The summed E-state index contributed by atoms with van der Waals surface area (Å²) >= 11 is 0. The van der Waals surface area contributed by atoms with E-state index in [1.807, 2.05) is 0 Å². The molecule has 1 heterocycles. The average Bonchev–Trinajstić information content (AvgIpc) is 2.56. The molecule has 0 radical (unpaired) electrons. The Hall–Kier alpha value is -1.31. The number of hydrogen-bond acceptors (Lipinski definition) is 4. The predicted molar refractivity (Wildman–Crippen MR) is 44.2 cm³/mol. The summed E-state index contributed by atoms with van der Waals surface area (Å²) in [6.45, 7) is -0.516. The van der Waals surface area contributed by atoms with Gasteiger partial charge in [0.15, 0.2) is 0 Å². The number of ether oxygens (including phenoxy) is 1. The third-order valence-electron chi connectivity index (χ3n) is 2.26. The number of aliphatic hydroxyl groups excluding tert-OH is 1. The van der Waals surface area contributed by atoms with Crippen molar-refractivity contribution in [3.8, 4) is 0 Å². The Labute approximate surface area is 88.8 Å². The van der Waals surface area contributed by atoms with Crippen LogP contribution in [0.3, 0.4) is 0 Å². The van der Waals surface area contributed by atoms with Gasteiger partial charge in [-0.3, -0.25) is 4.79 Å². The van der Waals surface area contributed by atoms with Gasteiger partial charge in [0.25, 0.3) is 0 Å². The Morgan fingerprint density at radius 3 is 2.44 bits per heavy atom. The van der Waals surface area contributed by atoms with Gasteiger partial charge in [0.1, 0.15) is 6.04 Å². The molecule has 1 aliphatic rings. The van der Waals surface area contributed by atoms with Crippen LogP contribution in [0.25, 0.3) is 0 Å². The third-order valence-corrected chi connectivity index (χ3v) is 2.26. The molecule has 0 aliphatic carbocycles. The fourth-order valence-electron chi connectivity index (χ4n) is 1.56. The van der Waals surface area contributed by atoms with E-state index in [2.05, 4.69) is 4.74 Å². The molecule has 8 heteroatoms. The quantitative estimate of drug-likeness (QED) is 0.639. The molecule has 0 bridgehead atoms. The van der Waals surface area contributed by atoms with Crippen LogP contribution in [-0.2, 0) is 14.3 Å². The maximum absolute atomic E-state index is 12.1. The first-order valence-corrected chi connectivity index (χ1v) is 4.41. The molecule has 0 aromatic rings. The van der Waals surface area contributed by atoms with Gasteiger partial charge < -0.3 is 14.7 Å². The molecule has 92 valence electrons. The number of β-amino-alcohol motifs (C(OH)–C–C–N with tert-alkyl or cyclic N) is 1. The lowest BCUT2D eigenvalue weighted by atomic mass is 10.2. The Balaban J connectivity index is 2.85. The molecule has 5 nitrogen and oxygen atoms in total. The zero-order valence-electron chi connectivity index (χ0n) is 8.32. The second kappa shape index (κ2) is 4.28. The van der Waals surface area contributed by atoms with Crippen LogP contribution >= 0.6 is 0 Å². The molecule has 0 saturated carbocycles. The molecule has 1 N–H and O–H groups in total. The Bertz CT molecular complexity index is 304. The van der Waals surface area contributed by atoms with Gasteiger partial charge in [0.05, 0.1) is 13.2 Å². The number of nitrogens with zero attached hydrogens (tertiary/aromatic N) is 1. The summed E-state index contributed by atoms with van der Waals surface area (Å²) in [5.41, 5.74) is 0. The van der Waals surface area contributed by atoms with Crippen LogP contribution in [0.15, 0.2) is 0 Å². The second-order valence-corrected chi connectivity index (χ2v) is 3.38. The molecule has 1 saturated heterocycles. The van der Waals surface area contributed by atoms with E-state index < -0.39 is 36.7 Å². The molecule has 0 spiro atoms. The minimum Gasteiger partial charge on any atom is -0.467 e. The van der Waals surface area contributed by atoms with Crippen molar-refractivity contribution in [1.29, 1.82) is 0 Å². The number of methoxy groups -OCH3 is 1. The van der Waals surface area contributed by atoms with E-state index in [9.17, 15) is 22.8 Å². The maximum atomic E-state index is 12.1. The van der Waals surface area contributed by atoms with E-state index in [-0.39, 0.29) is 11.3 Å². The fourth-order valence-corrected chi connectivity index (χ4v) is 1.56.